The highest BCUT2D eigenvalue weighted by Gasteiger charge is 2.33. The topological polar surface area (TPSA) is 224 Å². The summed E-state index contributed by atoms with van der Waals surface area (Å²) in [4.78, 5) is 64.6. The maximum atomic E-state index is 13.0. The molecule has 13 heteroatoms. The maximum Gasteiger partial charge on any atom is 0.326 e. The molecule has 0 aliphatic heterocycles. The normalized spacial score (nSPS) is 15.8. The lowest BCUT2D eigenvalue weighted by Crippen LogP contribution is -2.60. The van der Waals surface area contributed by atoms with Crippen LogP contribution >= 0.6 is 0 Å². The Kier molecular flexibility index (Phi) is 11.4. The number of aliphatic hydroxyl groups is 1. The number of aliphatic hydroxyl groups excluding tert-OH is 1. The monoisotopic (exact) mass is 547 g/mol. The second kappa shape index (κ2) is 14.3. The van der Waals surface area contributed by atoms with Crippen LogP contribution in [0.3, 0.4) is 0 Å². The van der Waals surface area contributed by atoms with Gasteiger partial charge in [-0.1, -0.05) is 38.5 Å². The van der Waals surface area contributed by atoms with Gasteiger partial charge in [-0.2, -0.15) is 0 Å². The average Bonchev–Trinajstić information content (AvgIpc) is 3.29. The first-order valence-corrected chi connectivity index (χ1v) is 12.7. The summed E-state index contributed by atoms with van der Waals surface area (Å²) >= 11 is 0. The van der Waals surface area contributed by atoms with E-state index in [1.54, 1.807) is 20.0 Å². The summed E-state index contributed by atoms with van der Waals surface area (Å²) in [5.41, 5.74) is 7.73. The van der Waals surface area contributed by atoms with E-state index in [0.29, 0.717) is 6.42 Å². The van der Waals surface area contributed by atoms with Crippen molar-refractivity contribution in [3.05, 3.63) is 36.0 Å². The van der Waals surface area contributed by atoms with Crippen molar-refractivity contribution in [2.75, 3.05) is 0 Å². The number of fused-ring (bicyclic) bond motifs is 1. The number of amides is 3. The number of benzene rings is 1. The Hall–Kier alpha value is -3.97. The molecule has 39 heavy (non-hydrogen) atoms. The van der Waals surface area contributed by atoms with E-state index < -0.39 is 72.3 Å². The summed E-state index contributed by atoms with van der Waals surface area (Å²) in [6, 6.07) is 2.16. The number of aromatic amines is 1. The van der Waals surface area contributed by atoms with Crippen molar-refractivity contribution in [1.82, 2.24) is 20.9 Å². The Balaban J connectivity index is 2.13. The summed E-state index contributed by atoms with van der Waals surface area (Å²) in [5.74, 6) is -5.54. The lowest BCUT2D eigenvalue weighted by atomic mass is 9.98. The lowest BCUT2D eigenvalue weighted by molar-refractivity contribution is -0.144. The van der Waals surface area contributed by atoms with Gasteiger partial charge in [0.25, 0.3) is 0 Å². The molecule has 0 saturated carbocycles. The SMILES string of the molecule is CCC(C)C(NC(=O)C(CCC(=O)O)NC(=O)C(NC(=O)C(N)Cc1c[nH]c2ccccc12)C(C)O)C(=O)O. The van der Waals surface area contributed by atoms with Gasteiger partial charge in [0.15, 0.2) is 0 Å². The standard InChI is InChI=1S/C26H37N5O8/c1-4-13(2)21(26(38)39)30-24(36)19(9-10-20(33)34)29-25(37)22(14(3)32)31-23(35)17(27)11-15-12-28-18-8-6-5-7-16(15)18/h5-8,12-14,17,19,21-22,28,32H,4,9-11,27H2,1-3H3,(H,29,37)(H,30,36)(H,31,35)(H,33,34)(H,38,39). The molecule has 0 bridgehead atoms. The molecule has 0 saturated heterocycles. The Morgan fingerprint density at radius 2 is 1.59 bits per heavy atom. The van der Waals surface area contributed by atoms with Gasteiger partial charge in [-0.25, -0.2) is 4.79 Å². The van der Waals surface area contributed by atoms with Crippen LogP contribution in [-0.4, -0.2) is 80.2 Å². The molecule has 214 valence electrons. The van der Waals surface area contributed by atoms with E-state index in [4.69, 9.17) is 10.8 Å². The molecule has 0 fully saturated rings. The Labute approximate surface area is 225 Å². The van der Waals surface area contributed by atoms with Crippen LogP contribution in [0.15, 0.2) is 30.5 Å². The average molecular weight is 548 g/mol. The number of carbonyl (C=O) groups is 5. The highest BCUT2D eigenvalue weighted by Crippen LogP contribution is 2.19. The Bertz CT molecular complexity index is 1180. The molecule has 6 unspecified atom stereocenters. The van der Waals surface area contributed by atoms with E-state index in [-0.39, 0.29) is 12.8 Å². The van der Waals surface area contributed by atoms with E-state index in [1.165, 1.54) is 6.92 Å². The van der Waals surface area contributed by atoms with Crippen LogP contribution in [0.2, 0.25) is 0 Å². The van der Waals surface area contributed by atoms with Gasteiger partial charge in [-0.15, -0.1) is 0 Å². The van der Waals surface area contributed by atoms with Gasteiger partial charge in [0.05, 0.1) is 12.1 Å². The third-order valence-electron chi connectivity index (χ3n) is 6.57. The summed E-state index contributed by atoms with van der Waals surface area (Å²) in [6.45, 7) is 4.63. The quantitative estimate of drug-likeness (QED) is 0.148. The summed E-state index contributed by atoms with van der Waals surface area (Å²) < 4.78 is 0. The number of carboxylic acid groups (broad SMARTS) is 2. The molecule has 2 rings (SSSR count). The fourth-order valence-electron chi connectivity index (χ4n) is 4.03. The minimum absolute atomic E-state index is 0.139. The molecule has 0 aliphatic rings. The molecule has 1 aromatic heterocycles. The highest BCUT2D eigenvalue weighted by atomic mass is 16.4. The number of hydrogen-bond acceptors (Lipinski definition) is 7. The van der Waals surface area contributed by atoms with Gasteiger partial charge >= 0.3 is 11.9 Å². The first-order chi connectivity index (χ1) is 18.3. The Morgan fingerprint density at radius 1 is 0.949 bits per heavy atom. The zero-order valence-electron chi connectivity index (χ0n) is 22.1. The molecule has 2 aromatic rings. The summed E-state index contributed by atoms with van der Waals surface area (Å²) in [5, 5.41) is 36.7. The fourth-order valence-corrected chi connectivity index (χ4v) is 4.03. The number of aromatic nitrogens is 1. The largest absolute Gasteiger partial charge is 0.481 e. The van der Waals surface area contributed by atoms with E-state index >= 15 is 0 Å². The number of hydrogen-bond donors (Lipinski definition) is 8. The van der Waals surface area contributed by atoms with E-state index in [9.17, 15) is 34.2 Å². The van der Waals surface area contributed by atoms with Gasteiger partial charge in [0.1, 0.15) is 18.1 Å². The molecule has 0 spiro atoms. The van der Waals surface area contributed by atoms with Gasteiger partial charge in [0.2, 0.25) is 17.7 Å². The number of H-pyrrole nitrogens is 1. The van der Waals surface area contributed by atoms with Gasteiger partial charge in [0, 0.05) is 23.5 Å². The van der Waals surface area contributed by atoms with Gasteiger partial charge in [-0.3, -0.25) is 19.2 Å². The van der Waals surface area contributed by atoms with E-state index in [1.807, 2.05) is 24.3 Å². The van der Waals surface area contributed by atoms with Crippen molar-refractivity contribution in [3.8, 4) is 0 Å². The van der Waals surface area contributed by atoms with Crippen LogP contribution in [0.25, 0.3) is 10.9 Å². The summed E-state index contributed by atoms with van der Waals surface area (Å²) in [7, 11) is 0. The fraction of sp³-hybridized carbons (Fsp3) is 0.500. The number of nitrogens with one attached hydrogen (secondary N) is 4. The zero-order valence-corrected chi connectivity index (χ0v) is 22.1. The third-order valence-corrected chi connectivity index (χ3v) is 6.57. The molecule has 3 amide bonds. The molecular weight excluding hydrogens is 510 g/mol. The van der Waals surface area contributed by atoms with Crippen LogP contribution in [0, 0.1) is 5.92 Å². The summed E-state index contributed by atoms with van der Waals surface area (Å²) in [6.07, 6.45) is 0.0647. The molecule has 13 nitrogen and oxygen atoms in total. The second-order valence-electron chi connectivity index (χ2n) is 9.60. The number of carbonyl (C=O) groups excluding carboxylic acids is 3. The molecule has 1 aromatic carbocycles. The number of aliphatic carboxylic acids is 2. The Morgan fingerprint density at radius 3 is 2.18 bits per heavy atom. The molecule has 0 radical (unpaired) electrons. The smallest absolute Gasteiger partial charge is 0.326 e. The zero-order chi connectivity index (χ0) is 29.3. The molecule has 0 aliphatic carbocycles. The minimum atomic E-state index is -1.52. The van der Waals surface area contributed by atoms with Crippen LogP contribution < -0.4 is 21.7 Å². The molecule has 1 heterocycles. The van der Waals surface area contributed by atoms with Crippen molar-refractivity contribution < 1.29 is 39.3 Å². The van der Waals surface area contributed by atoms with Crippen molar-refractivity contribution in [2.24, 2.45) is 11.7 Å². The molecule has 6 atom stereocenters. The molecule has 9 N–H and O–H groups in total. The number of rotatable bonds is 15. The van der Waals surface area contributed by atoms with E-state index in [2.05, 4.69) is 20.9 Å². The maximum absolute atomic E-state index is 13.0. The first-order valence-electron chi connectivity index (χ1n) is 12.7. The van der Waals surface area contributed by atoms with Crippen LogP contribution in [0.4, 0.5) is 0 Å². The van der Waals surface area contributed by atoms with Crippen LogP contribution in [-0.2, 0) is 30.4 Å². The van der Waals surface area contributed by atoms with Crippen LogP contribution in [0.5, 0.6) is 0 Å². The van der Waals surface area contributed by atoms with Crippen molar-refractivity contribution >= 4 is 40.6 Å². The number of para-hydroxylation sites is 1. The molecular formula is C26H37N5O8. The predicted molar refractivity (Wildman–Crippen MR) is 141 cm³/mol. The highest BCUT2D eigenvalue weighted by molar-refractivity contribution is 5.95. The van der Waals surface area contributed by atoms with Crippen molar-refractivity contribution in [1.29, 1.82) is 0 Å². The third kappa shape index (κ3) is 8.79. The lowest BCUT2D eigenvalue weighted by Gasteiger charge is -2.27. The van der Waals surface area contributed by atoms with Crippen LogP contribution in [0.1, 0.15) is 45.6 Å². The van der Waals surface area contributed by atoms with E-state index in [0.717, 1.165) is 16.5 Å². The number of carboxylic acids is 2. The first kappa shape index (κ1) is 31.2. The minimum Gasteiger partial charge on any atom is -0.481 e. The number of nitrogens with two attached hydrogens (primary N) is 1. The van der Waals surface area contributed by atoms with Gasteiger partial charge in [-0.05, 0) is 37.3 Å². The van der Waals surface area contributed by atoms with Gasteiger partial charge < -0.3 is 42.0 Å². The van der Waals surface area contributed by atoms with Crippen molar-refractivity contribution in [2.45, 2.75) is 76.7 Å². The second-order valence-corrected chi connectivity index (χ2v) is 9.60. The van der Waals surface area contributed by atoms with Crippen molar-refractivity contribution in [3.63, 3.8) is 0 Å². The predicted octanol–water partition coefficient (Wildman–Crippen LogP) is -0.132.